The fraction of sp³-hybridized carbons (Fsp3) is 0.385. The summed E-state index contributed by atoms with van der Waals surface area (Å²) < 4.78 is 7.35. The van der Waals surface area contributed by atoms with Gasteiger partial charge in [0, 0.05) is 26.0 Å². The summed E-state index contributed by atoms with van der Waals surface area (Å²) in [5.74, 6) is 1.31. The van der Waals surface area contributed by atoms with Gasteiger partial charge in [-0.05, 0) is 13.0 Å². The molecule has 0 amide bonds. The van der Waals surface area contributed by atoms with Crippen LogP contribution < -0.4 is 9.64 Å². The van der Waals surface area contributed by atoms with Gasteiger partial charge in [0.05, 0.1) is 30.6 Å². The Kier molecular flexibility index (Phi) is 4.27. The van der Waals surface area contributed by atoms with E-state index in [9.17, 15) is 0 Å². The second-order valence-electron chi connectivity index (χ2n) is 4.27. The van der Waals surface area contributed by atoms with Crippen molar-refractivity contribution in [2.45, 2.75) is 13.5 Å². The van der Waals surface area contributed by atoms with E-state index < -0.39 is 0 Å². The van der Waals surface area contributed by atoms with E-state index in [-0.39, 0.29) is 0 Å². The summed E-state index contributed by atoms with van der Waals surface area (Å²) in [4.78, 5) is 10.5. The van der Waals surface area contributed by atoms with Crippen molar-refractivity contribution in [2.75, 3.05) is 18.6 Å². The lowest BCUT2D eigenvalue weighted by Gasteiger charge is -2.18. The molecule has 0 aliphatic carbocycles. The minimum absolute atomic E-state index is 0.539. The molecule has 2 aromatic heterocycles. The van der Waals surface area contributed by atoms with Crippen LogP contribution in [-0.2, 0) is 13.6 Å². The van der Waals surface area contributed by atoms with Gasteiger partial charge >= 0.3 is 0 Å². The second-order valence-corrected chi connectivity index (χ2v) is 4.70. The van der Waals surface area contributed by atoms with E-state index in [0.717, 1.165) is 16.5 Å². The molecule has 19 heavy (non-hydrogen) atoms. The van der Waals surface area contributed by atoms with Crippen LogP contribution >= 0.6 is 11.6 Å². The Labute approximate surface area is 117 Å². The van der Waals surface area contributed by atoms with Crippen LogP contribution in [-0.4, -0.2) is 28.2 Å². The van der Waals surface area contributed by atoms with Crippen molar-refractivity contribution in [3.05, 3.63) is 35.4 Å². The molecular weight excluding hydrogens is 264 g/mol. The number of anilines is 1. The second kappa shape index (κ2) is 5.93. The number of halogens is 1. The predicted octanol–water partition coefficient (Wildman–Crippen LogP) is 2.50. The summed E-state index contributed by atoms with van der Waals surface area (Å²) in [5.41, 5.74) is 1.11. The highest BCUT2D eigenvalue weighted by Crippen LogP contribution is 2.18. The Morgan fingerprint density at radius 2 is 2.21 bits per heavy atom. The summed E-state index contributed by atoms with van der Waals surface area (Å²) in [6, 6.07) is 1.94. The number of aryl methyl sites for hydroxylation is 1. The Bertz CT molecular complexity index is 555. The van der Waals surface area contributed by atoms with Crippen LogP contribution in [0.5, 0.6) is 5.88 Å². The quantitative estimate of drug-likeness (QED) is 0.844. The lowest BCUT2D eigenvalue weighted by molar-refractivity contribution is 0.325. The predicted molar refractivity (Wildman–Crippen MR) is 75.7 cm³/mol. The first-order valence-electron chi connectivity index (χ1n) is 6.07. The first-order chi connectivity index (χ1) is 9.10. The van der Waals surface area contributed by atoms with E-state index >= 15 is 0 Å². The highest BCUT2D eigenvalue weighted by atomic mass is 35.5. The van der Waals surface area contributed by atoms with Gasteiger partial charge in [0.15, 0.2) is 5.82 Å². The Morgan fingerprint density at radius 1 is 1.42 bits per heavy atom. The molecule has 2 aromatic rings. The fourth-order valence-electron chi connectivity index (χ4n) is 1.79. The number of hydrogen-bond acceptors (Lipinski definition) is 4. The van der Waals surface area contributed by atoms with Gasteiger partial charge in [0.1, 0.15) is 0 Å². The highest BCUT2D eigenvalue weighted by molar-refractivity contribution is 6.30. The maximum absolute atomic E-state index is 5.97. The van der Waals surface area contributed by atoms with Gasteiger partial charge in [-0.25, -0.2) is 0 Å². The van der Waals surface area contributed by atoms with E-state index in [1.165, 1.54) is 0 Å². The zero-order chi connectivity index (χ0) is 13.8. The van der Waals surface area contributed by atoms with Gasteiger partial charge in [-0.3, -0.25) is 4.98 Å². The van der Waals surface area contributed by atoms with Gasteiger partial charge in [-0.1, -0.05) is 11.6 Å². The van der Waals surface area contributed by atoms with Crippen molar-refractivity contribution < 1.29 is 4.74 Å². The normalized spacial score (nSPS) is 10.5. The van der Waals surface area contributed by atoms with Crippen LogP contribution in [0.1, 0.15) is 12.6 Å². The summed E-state index contributed by atoms with van der Waals surface area (Å²) in [5, 5.41) is 0.736. The molecule has 0 saturated heterocycles. The van der Waals surface area contributed by atoms with Crippen molar-refractivity contribution in [1.29, 1.82) is 0 Å². The molecule has 0 unspecified atom stereocenters. The van der Waals surface area contributed by atoms with Crippen molar-refractivity contribution in [3.8, 4) is 5.88 Å². The lowest BCUT2D eigenvalue weighted by Crippen LogP contribution is -2.19. The summed E-state index contributed by atoms with van der Waals surface area (Å²) in [6.07, 6.45) is 5.21. The Balaban J connectivity index is 2.13. The smallest absolute Gasteiger partial charge is 0.234 e. The topological polar surface area (TPSA) is 43.2 Å². The third-order valence-electron chi connectivity index (χ3n) is 2.76. The van der Waals surface area contributed by atoms with Gasteiger partial charge in [-0.15, -0.1) is 0 Å². The third-order valence-corrected chi connectivity index (χ3v) is 2.96. The number of rotatable bonds is 5. The minimum Gasteiger partial charge on any atom is -0.477 e. The zero-order valence-electron chi connectivity index (χ0n) is 11.3. The third kappa shape index (κ3) is 3.38. The van der Waals surface area contributed by atoms with Crippen LogP contribution in [0.15, 0.2) is 24.7 Å². The molecule has 0 radical (unpaired) electrons. The van der Waals surface area contributed by atoms with Crippen molar-refractivity contribution in [3.63, 3.8) is 0 Å². The zero-order valence-corrected chi connectivity index (χ0v) is 12.1. The molecule has 0 aliphatic rings. The van der Waals surface area contributed by atoms with E-state index in [1.54, 1.807) is 12.4 Å². The largest absolute Gasteiger partial charge is 0.477 e. The molecule has 0 N–H and O–H groups in total. The maximum Gasteiger partial charge on any atom is 0.234 e. The molecule has 0 aliphatic heterocycles. The number of ether oxygens (including phenoxy) is 1. The van der Waals surface area contributed by atoms with Crippen LogP contribution in [0.4, 0.5) is 5.82 Å². The van der Waals surface area contributed by atoms with Gasteiger partial charge in [-0.2, -0.15) is 4.98 Å². The Morgan fingerprint density at radius 3 is 2.84 bits per heavy atom. The van der Waals surface area contributed by atoms with Crippen molar-refractivity contribution in [2.24, 2.45) is 7.05 Å². The van der Waals surface area contributed by atoms with E-state index in [1.807, 2.05) is 42.7 Å². The summed E-state index contributed by atoms with van der Waals surface area (Å²) >= 11 is 5.97. The molecule has 0 aromatic carbocycles. The molecule has 0 atom stereocenters. The van der Waals surface area contributed by atoms with E-state index in [2.05, 4.69) is 9.97 Å². The van der Waals surface area contributed by atoms with E-state index in [0.29, 0.717) is 19.0 Å². The first-order valence-corrected chi connectivity index (χ1v) is 6.44. The molecule has 102 valence electrons. The average Bonchev–Trinajstić information content (AvgIpc) is 2.68. The minimum atomic E-state index is 0.539. The van der Waals surface area contributed by atoms with E-state index in [4.69, 9.17) is 16.3 Å². The number of nitrogens with zero attached hydrogens (tertiary/aromatic N) is 4. The van der Waals surface area contributed by atoms with Gasteiger partial charge in [0.25, 0.3) is 0 Å². The number of aromatic nitrogens is 3. The molecule has 5 nitrogen and oxygen atoms in total. The van der Waals surface area contributed by atoms with Crippen molar-refractivity contribution >= 4 is 17.4 Å². The monoisotopic (exact) mass is 280 g/mol. The lowest BCUT2D eigenvalue weighted by atomic mass is 10.4. The maximum atomic E-state index is 5.97. The van der Waals surface area contributed by atoms with Crippen molar-refractivity contribution in [1.82, 2.24) is 14.5 Å². The number of hydrogen-bond donors (Lipinski definition) is 0. The fourth-order valence-corrected chi connectivity index (χ4v) is 2.06. The van der Waals surface area contributed by atoms with Crippen LogP contribution in [0.2, 0.25) is 5.02 Å². The molecule has 6 heteroatoms. The van der Waals surface area contributed by atoms with Crippen LogP contribution in [0.3, 0.4) is 0 Å². The standard InChI is InChI=1S/C13H17ClN4O/c1-4-19-13-7-15-6-12(16-13)18(3)9-11-5-10(14)8-17(11)2/h5-8H,4,9H2,1-3H3. The Hall–Kier alpha value is -1.75. The highest BCUT2D eigenvalue weighted by Gasteiger charge is 2.09. The average molecular weight is 281 g/mol. The molecule has 0 fully saturated rings. The molecule has 2 heterocycles. The molecular formula is C13H17ClN4O. The van der Waals surface area contributed by atoms with Crippen LogP contribution in [0.25, 0.3) is 0 Å². The summed E-state index contributed by atoms with van der Waals surface area (Å²) in [6.45, 7) is 3.20. The molecule has 0 spiro atoms. The SMILES string of the molecule is CCOc1cncc(N(C)Cc2cc(Cl)cn2C)n1. The molecule has 2 rings (SSSR count). The summed E-state index contributed by atoms with van der Waals surface area (Å²) in [7, 11) is 3.93. The molecule has 0 saturated carbocycles. The van der Waals surface area contributed by atoms with Gasteiger partial charge in [0.2, 0.25) is 5.88 Å². The molecule has 0 bridgehead atoms. The van der Waals surface area contributed by atoms with Gasteiger partial charge < -0.3 is 14.2 Å². The van der Waals surface area contributed by atoms with Crippen LogP contribution in [0, 0.1) is 0 Å². The first kappa shape index (κ1) is 13.7.